The van der Waals surface area contributed by atoms with Gasteiger partial charge in [-0.15, -0.1) is 0 Å². The molecule has 2 saturated heterocycles. The maximum absolute atomic E-state index is 13.0. The first-order valence-electron chi connectivity index (χ1n) is 9.80. The van der Waals surface area contributed by atoms with Gasteiger partial charge < -0.3 is 9.47 Å². The third-order valence-electron chi connectivity index (χ3n) is 7.37. The van der Waals surface area contributed by atoms with E-state index in [1.54, 1.807) is 0 Å². The molecule has 0 amide bonds. The van der Waals surface area contributed by atoms with Crippen LogP contribution in [0.15, 0.2) is 12.2 Å². The Morgan fingerprint density at radius 3 is 2.52 bits per heavy atom. The fourth-order valence-corrected chi connectivity index (χ4v) is 6.22. The minimum Gasteiger partial charge on any atom is -0.458 e. The lowest BCUT2D eigenvalue weighted by molar-refractivity contribution is -0.180. The summed E-state index contributed by atoms with van der Waals surface area (Å²) >= 11 is 0. The molecule has 0 spiro atoms. The molecule has 23 heavy (non-hydrogen) atoms. The van der Waals surface area contributed by atoms with Crippen LogP contribution in [0.5, 0.6) is 0 Å². The molecule has 3 heteroatoms. The quantitative estimate of drug-likeness (QED) is 0.583. The van der Waals surface area contributed by atoms with Crippen molar-refractivity contribution >= 4 is 5.97 Å². The third-order valence-corrected chi connectivity index (χ3v) is 7.37. The first-order chi connectivity index (χ1) is 11.2. The highest BCUT2D eigenvalue weighted by Gasteiger charge is 2.55. The Balaban J connectivity index is 1.36. The van der Waals surface area contributed by atoms with E-state index in [4.69, 9.17) is 9.47 Å². The van der Waals surface area contributed by atoms with Crippen LogP contribution >= 0.6 is 0 Å². The van der Waals surface area contributed by atoms with E-state index >= 15 is 0 Å². The van der Waals surface area contributed by atoms with Crippen molar-refractivity contribution in [3.05, 3.63) is 12.2 Å². The number of allylic oxidation sites excluding steroid dienone is 2. The van der Waals surface area contributed by atoms with E-state index in [1.807, 2.05) is 0 Å². The van der Waals surface area contributed by atoms with Gasteiger partial charge in [-0.3, -0.25) is 4.79 Å². The first kappa shape index (κ1) is 14.5. The van der Waals surface area contributed by atoms with Gasteiger partial charge in [0.2, 0.25) is 0 Å². The number of ether oxygens (including phenoxy) is 2. The van der Waals surface area contributed by atoms with Crippen LogP contribution in [-0.2, 0) is 14.3 Å². The summed E-state index contributed by atoms with van der Waals surface area (Å²) in [7, 11) is 0. The molecule has 3 aliphatic carbocycles. The van der Waals surface area contributed by atoms with Crippen LogP contribution in [0.3, 0.4) is 0 Å². The molecule has 0 aromatic heterocycles. The van der Waals surface area contributed by atoms with Crippen molar-refractivity contribution in [3.63, 3.8) is 0 Å². The van der Waals surface area contributed by atoms with Crippen LogP contribution in [0.2, 0.25) is 0 Å². The smallest absolute Gasteiger partial charge is 0.310 e. The van der Waals surface area contributed by atoms with E-state index in [0.29, 0.717) is 30.0 Å². The molecule has 0 N–H and O–H groups in total. The molecular weight excluding hydrogens is 288 g/mol. The van der Waals surface area contributed by atoms with Gasteiger partial charge in [0.25, 0.3) is 0 Å². The highest BCUT2D eigenvalue weighted by atomic mass is 16.6. The maximum atomic E-state index is 13.0. The molecule has 6 unspecified atom stereocenters. The summed E-state index contributed by atoms with van der Waals surface area (Å²) in [6.45, 7) is 0. The molecule has 2 aliphatic heterocycles. The van der Waals surface area contributed by atoms with E-state index in [2.05, 4.69) is 12.2 Å². The molecule has 5 aliphatic rings. The molecule has 4 fully saturated rings. The van der Waals surface area contributed by atoms with Crippen LogP contribution in [0.1, 0.15) is 64.2 Å². The molecule has 2 saturated carbocycles. The number of rotatable bonds is 3. The zero-order chi connectivity index (χ0) is 15.4. The highest BCUT2D eigenvalue weighted by molar-refractivity contribution is 5.74. The molecule has 5 rings (SSSR count). The van der Waals surface area contributed by atoms with Gasteiger partial charge in [0.15, 0.2) is 0 Å². The van der Waals surface area contributed by atoms with E-state index < -0.39 is 0 Å². The zero-order valence-corrected chi connectivity index (χ0v) is 13.9. The lowest BCUT2D eigenvalue weighted by Crippen LogP contribution is -2.49. The topological polar surface area (TPSA) is 35.5 Å². The van der Waals surface area contributed by atoms with Gasteiger partial charge in [-0.25, -0.2) is 0 Å². The number of carbonyl (C=O) groups excluding carboxylic acids is 1. The Labute approximate surface area is 138 Å². The zero-order valence-electron chi connectivity index (χ0n) is 13.9. The van der Waals surface area contributed by atoms with Gasteiger partial charge in [-0.05, 0) is 69.6 Å². The molecule has 6 atom stereocenters. The summed E-state index contributed by atoms with van der Waals surface area (Å²) < 4.78 is 12.5. The van der Waals surface area contributed by atoms with Gasteiger partial charge in [0.05, 0.1) is 18.1 Å². The largest absolute Gasteiger partial charge is 0.458 e. The lowest BCUT2D eigenvalue weighted by Gasteiger charge is -2.44. The van der Waals surface area contributed by atoms with Crippen molar-refractivity contribution in [3.8, 4) is 0 Å². The van der Waals surface area contributed by atoms with E-state index in [9.17, 15) is 4.79 Å². The molecule has 0 aromatic carbocycles. The molecule has 2 heterocycles. The van der Waals surface area contributed by atoms with Crippen LogP contribution in [0.4, 0.5) is 0 Å². The second-order valence-electron chi connectivity index (χ2n) is 8.65. The Hall–Kier alpha value is -0.830. The summed E-state index contributed by atoms with van der Waals surface area (Å²) in [6, 6.07) is 0. The molecule has 0 aromatic rings. The average molecular weight is 316 g/mol. The van der Waals surface area contributed by atoms with Gasteiger partial charge in [0, 0.05) is 5.92 Å². The maximum Gasteiger partial charge on any atom is 0.310 e. The minimum atomic E-state index is -0.208. The normalized spacial score (nSPS) is 46.4. The molecule has 4 bridgehead atoms. The van der Waals surface area contributed by atoms with Crippen molar-refractivity contribution in [1.82, 2.24) is 0 Å². The van der Waals surface area contributed by atoms with Crippen molar-refractivity contribution in [2.24, 2.45) is 23.7 Å². The van der Waals surface area contributed by atoms with Crippen LogP contribution in [0.25, 0.3) is 0 Å². The second kappa shape index (κ2) is 5.34. The molecule has 3 nitrogen and oxygen atoms in total. The van der Waals surface area contributed by atoms with Gasteiger partial charge in [-0.2, -0.15) is 0 Å². The van der Waals surface area contributed by atoms with E-state index in [0.717, 1.165) is 25.7 Å². The van der Waals surface area contributed by atoms with Crippen LogP contribution in [0, 0.1) is 23.7 Å². The Morgan fingerprint density at radius 1 is 1.04 bits per heavy atom. The minimum absolute atomic E-state index is 0.103. The third kappa shape index (κ3) is 2.30. The van der Waals surface area contributed by atoms with Crippen LogP contribution < -0.4 is 0 Å². The second-order valence-corrected chi connectivity index (χ2v) is 8.65. The lowest BCUT2D eigenvalue weighted by atomic mass is 9.69. The molecular formula is C20H28O3. The first-order valence-corrected chi connectivity index (χ1v) is 9.80. The summed E-state index contributed by atoms with van der Waals surface area (Å²) in [5, 5.41) is 0. The number of carbonyl (C=O) groups is 1. The highest BCUT2D eigenvalue weighted by Crippen LogP contribution is 2.52. The van der Waals surface area contributed by atoms with Crippen LogP contribution in [-0.4, -0.2) is 23.8 Å². The van der Waals surface area contributed by atoms with Crippen molar-refractivity contribution in [2.75, 3.05) is 0 Å². The molecule has 0 radical (unpaired) electrons. The van der Waals surface area contributed by atoms with Gasteiger partial charge in [-0.1, -0.05) is 18.6 Å². The number of hydrogen-bond donors (Lipinski definition) is 0. The van der Waals surface area contributed by atoms with Crippen molar-refractivity contribution < 1.29 is 14.3 Å². The summed E-state index contributed by atoms with van der Waals surface area (Å²) in [5.41, 5.74) is -0.208. The van der Waals surface area contributed by atoms with E-state index in [1.165, 1.54) is 38.5 Å². The van der Waals surface area contributed by atoms with Gasteiger partial charge >= 0.3 is 5.97 Å². The van der Waals surface area contributed by atoms with Crippen molar-refractivity contribution in [2.45, 2.75) is 82.0 Å². The summed E-state index contributed by atoms with van der Waals surface area (Å²) in [4.78, 5) is 13.0. The number of fused-ring (bicyclic) bond motifs is 4. The Bertz CT molecular complexity index is 519. The predicted molar refractivity (Wildman–Crippen MR) is 86.8 cm³/mol. The Morgan fingerprint density at radius 2 is 1.91 bits per heavy atom. The monoisotopic (exact) mass is 316 g/mol. The predicted octanol–water partition coefficient (Wildman–Crippen LogP) is 4.01. The number of hydrogen-bond acceptors (Lipinski definition) is 3. The molecule has 126 valence electrons. The van der Waals surface area contributed by atoms with Crippen molar-refractivity contribution in [1.29, 1.82) is 0 Å². The fraction of sp³-hybridized carbons (Fsp3) is 0.850. The SMILES string of the molecule is O=C(OC1(C2CC3CCC2O3)CCCCC1)C1CC2C=CC1C2. The summed E-state index contributed by atoms with van der Waals surface area (Å²) in [6.07, 6.45) is 16.9. The van der Waals surface area contributed by atoms with Gasteiger partial charge in [0.1, 0.15) is 5.60 Å². The average Bonchev–Trinajstić information content (AvgIpc) is 3.35. The van der Waals surface area contributed by atoms with E-state index in [-0.39, 0.29) is 17.5 Å². The summed E-state index contributed by atoms with van der Waals surface area (Å²) in [5.74, 6) is 1.77. The standard InChI is InChI=1S/C20H28O3/c21-19(16-11-13-4-5-14(16)10-13)23-20(8-2-1-3-9-20)17-12-15-6-7-18(17)22-15/h4-5,13-18H,1-3,6-12H2. The Kier molecular flexibility index (Phi) is 3.37. The fourth-order valence-electron chi connectivity index (χ4n) is 6.22. The number of esters is 1.